The number of nitrogens with zero attached hydrogens (tertiary/aromatic N) is 3. The number of nitro groups is 1. The van der Waals surface area contributed by atoms with Crippen molar-refractivity contribution in [3.05, 3.63) is 73.7 Å². The largest absolute Gasteiger partial charge is 0.308 e. The smallest absolute Gasteiger partial charge is 0.294 e. The van der Waals surface area contributed by atoms with E-state index in [0.29, 0.717) is 0 Å². The highest BCUT2D eigenvalue weighted by atomic mass is 32.1. The van der Waals surface area contributed by atoms with Gasteiger partial charge >= 0.3 is 0 Å². The highest BCUT2D eigenvalue weighted by Gasteiger charge is 2.11. The average molecular weight is 328 g/mol. The lowest BCUT2D eigenvalue weighted by molar-refractivity contribution is -0.384. The van der Waals surface area contributed by atoms with Crippen molar-refractivity contribution in [1.82, 2.24) is 4.57 Å². The summed E-state index contributed by atoms with van der Waals surface area (Å²) < 4.78 is 2.63. The molecule has 1 heterocycles. The van der Waals surface area contributed by atoms with Crippen molar-refractivity contribution in [3.8, 4) is 0 Å². The van der Waals surface area contributed by atoms with Gasteiger partial charge in [0, 0.05) is 13.1 Å². The van der Waals surface area contributed by atoms with Crippen LogP contribution in [-0.4, -0.2) is 9.49 Å². The Morgan fingerprint density at radius 3 is 2.65 bits per heavy atom. The van der Waals surface area contributed by atoms with E-state index >= 15 is 0 Å². The zero-order chi connectivity index (χ0) is 16.4. The van der Waals surface area contributed by atoms with Crippen LogP contribution >= 0.6 is 11.3 Å². The molecule has 0 aliphatic carbocycles. The first-order chi connectivity index (χ1) is 11.1. The second-order valence-electron chi connectivity index (χ2n) is 4.74. The van der Waals surface area contributed by atoms with E-state index in [2.05, 4.69) is 10.5 Å². The van der Waals surface area contributed by atoms with Gasteiger partial charge in [-0.25, -0.2) is 0 Å². The van der Waals surface area contributed by atoms with Crippen LogP contribution in [0.5, 0.6) is 0 Å². The van der Waals surface area contributed by atoms with Gasteiger partial charge in [0.2, 0.25) is 4.67 Å². The van der Waals surface area contributed by atoms with E-state index in [1.165, 1.54) is 28.0 Å². The molecule has 23 heavy (non-hydrogen) atoms. The van der Waals surface area contributed by atoms with Crippen molar-refractivity contribution in [2.45, 2.75) is 0 Å². The summed E-state index contributed by atoms with van der Waals surface area (Å²) in [4.78, 5) is 22.8. The maximum absolute atomic E-state index is 12.3. The molecular weight excluding hydrogens is 316 g/mol. The van der Waals surface area contributed by atoms with Gasteiger partial charge in [-0.1, -0.05) is 24.3 Å². The number of hydrogen-bond donors (Lipinski definition) is 1. The number of fused-ring (bicyclic) bond motifs is 1. The number of nitro benzene ring substituents is 1. The molecule has 0 aliphatic heterocycles. The van der Waals surface area contributed by atoms with Crippen molar-refractivity contribution >= 4 is 32.9 Å². The summed E-state index contributed by atoms with van der Waals surface area (Å²) in [5.41, 5.74) is 3.31. The molecule has 1 aromatic heterocycles. The van der Waals surface area contributed by atoms with Gasteiger partial charge in [0.25, 0.3) is 11.2 Å². The van der Waals surface area contributed by atoms with Crippen LogP contribution in [0, 0.1) is 10.1 Å². The Morgan fingerprint density at radius 1 is 1.17 bits per heavy atom. The number of rotatable bonds is 3. The van der Waals surface area contributed by atoms with E-state index in [1.54, 1.807) is 19.2 Å². The van der Waals surface area contributed by atoms with E-state index in [0.717, 1.165) is 10.2 Å². The Labute approximate surface area is 134 Å². The summed E-state index contributed by atoms with van der Waals surface area (Å²) in [6.07, 6.45) is 0. The van der Waals surface area contributed by atoms with E-state index in [-0.39, 0.29) is 21.6 Å². The normalized spacial score (nSPS) is 11.6. The predicted molar refractivity (Wildman–Crippen MR) is 89.3 cm³/mol. The van der Waals surface area contributed by atoms with Crippen LogP contribution in [0.4, 0.5) is 11.4 Å². The molecule has 0 aliphatic rings. The SMILES string of the molecule is Cn1c(=O)c(=NNc2ccccc2[N+](=O)[O-])sc2ccccc21. The van der Waals surface area contributed by atoms with E-state index in [4.69, 9.17) is 0 Å². The third-order valence-corrected chi connectivity index (χ3v) is 4.32. The van der Waals surface area contributed by atoms with Gasteiger partial charge in [-0.05, 0) is 18.2 Å². The fourth-order valence-electron chi connectivity index (χ4n) is 2.13. The van der Waals surface area contributed by atoms with Crippen LogP contribution in [0.25, 0.3) is 10.2 Å². The fourth-order valence-corrected chi connectivity index (χ4v) is 3.11. The van der Waals surface area contributed by atoms with Crippen molar-refractivity contribution in [3.63, 3.8) is 0 Å². The monoisotopic (exact) mass is 328 g/mol. The molecule has 0 fully saturated rings. The minimum atomic E-state index is -0.500. The van der Waals surface area contributed by atoms with Crippen LogP contribution in [-0.2, 0) is 7.05 Å². The number of para-hydroxylation sites is 3. The lowest BCUT2D eigenvalue weighted by atomic mass is 10.3. The highest BCUT2D eigenvalue weighted by molar-refractivity contribution is 7.16. The van der Waals surface area contributed by atoms with Crippen molar-refractivity contribution < 1.29 is 4.92 Å². The first kappa shape index (κ1) is 14.9. The topological polar surface area (TPSA) is 89.5 Å². The van der Waals surface area contributed by atoms with E-state index < -0.39 is 4.92 Å². The number of hydrogen-bond acceptors (Lipinski definition) is 6. The number of benzene rings is 2. The van der Waals surface area contributed by atoms with Crippen LogP contribution < -0.4 is 15.7 Å². The summed E-state index contributed by atoms with van der Waals surface area (Å²) in [6.45, 7) is 0. The maximum Gasteiger partial charge on any atom is 0.294 e. The molecule has 0 saturated carbocycles. The predicted octanol–water partition coefficient (Wildman–Crippen LogP) is 2.44. The lowest BCUT2D eigenvalue weighted by Gasteiger charge is -2.04. The summed E-state index contributed by atoms with van der Waals surface area (Å²) in [6, 6.07) is 13.6. The molecule has 116 valence electrons. The van der Waals surface area contributed by atoms with Gasteiger partial charge in [0.05, 0.1) is 15.1 Å². The van der Waals surface area contributed by atoms with Gasteiger partial charge in [-0.3, -0.25) is 20.3 Å². The Balaban J connectivity index is 2.11. The first-order valence-corrected chi connectivity index (χ1v) is 7.51. The number of nitrogens with one attached hydrogen (secondary N) is 1. The molecule has 0 spiro atoms. The summed E-state index contributed by atoms with van der Waals surface area (Å²) in [5.74, 6) is 0. The molecule has 2 aromatic carbocycles. The van der Waals surface area contributed by atoms with Gasteiger partial charge in [0.15, 0.2) is 0 Å². The zero-order valence-electron chi connectivity index (χ0n) is 12.1. The summed E-state index contributed by atoms with van der Waals surface area (Å²) >= 11 is 1.23. The number of anilines is 1. The summed E-state index contributed by atoms with van der Waals surface area (Å²) in [5, 5.41) is 15.1. The highest BCUT2D eigenvalue weighted by Crippen LogP contribution is 2.22. The Kier molecular flexibility index (Phi) is 3.90. The average Bonchev–Trinajstić information content (AvgIpc) is 2.57. The second-order valence-corrected chi connectivity index (χ2v) is 5.77. The van der Waals surface area contributed by atoms with Gasteiger partial charge in [-0.15, -0.1) is 11.3 Å². The van der Waals surface area contributed by atoms with Gasteiger partial charge < -0.3 is 4.57 Å². The molecule has 0 unspecified atom stereocenters. The lowest BCUT2D eigenvalue weighted by Crippen LogP contribution is -2.32. The Bertz CT molecular complexity index is 1020. The standard InChI is InChI=1S/C15H12N4O3S/c1-18-12-8-4-5-9-13(12)23-14(15(18)20)17-16-10-6-2-3-7-11(10)19(21)22/h2-9,16H,1H3. The van der Waals surface area contributed by atoms with Crippen LogP contribution in [0.1, 0.15) is 0 Å². The molecule has 0 bridgehead atoms. The molecule has 8 heteroatoms. The Hall–Kier alpha value is -3.00. The van der Waals surface area contributed by atoms with Crippen LogP contribution in [0.2, 0.25) is 0 Å². The van der Waals surface area contributed by atoms with Crippen molar-refractivity contribution in [2.24, 2.45) is 12.1 Å². The maximum atomic E-state index is 12.3. The molecule has 0 atom stereocenters. The van der Waals surface area contributed by atoms with Crippen LogP contribution in [0.15, 0.2) is 58.4 Å². The summed E-state index contributed by atoms with van der Waals surface area (Å²) in [7, 11) is 1.67. The van der Waals surface area contributed by atoms with Gasteiger partial charge in [-0.2, -0.15) is 5.10 Å². The van der Waals surface area contributed by atoms with E-state index in [1.807, 2.05) is 24.3 Å². The third-order valence-electron chi connectivity index (χ3n) is 3.30. The van der Waals surface area contributed by atoms with Crippen LogP contribution in [0.3, 0.4) is 0 Å². The molecule has 0 amide bonds. The fraction of sp³-hybridized carbons (Fsp3) is 0.0667. The second kappa shape index (κ2) is 6.01. The first-order valence-electron chi connectivity index (χ1n) is 6.70. The number of aromatic nitrogens is 1. The van der Waals surface area contributed by atoms with Crippen molar-refractivity contribution in [2.75, 3.05) is 5.43 Å². The third kappa shape index (κ3) is 2.84. The molecule has 3 aromatic rings. The van der Waals surface area contributed by atoms with Gasteiger partial charge in [0.1, 0.15) is 5.69 Å². The molecule has 1 N–H and O–H groups in total. The Morgan fingerprint density at radius 2 is 1.87 bits per heavy atom. The molecule has 7 nitrogen and oxygen atoms in total. The van der Waals surface area contributed by atoms with Crippen molar-refractivity contribution in [1.29, 1.82) is 0 Å². The van der Waals surface area contributed by atoms with E-state index in [9.17, 15) is 14.9 Å². The number of aryl methyl sites for hydroxylation is 1. The molecule has 3 rings (SSSR count). The minimum Gasteiger partial charge on any atom is -0.308 e. The molecule has 0 radical (unpaired) electrons. The minimum absolute atomic E-state index is 0.0983. The quantitative estimate of drug-likeness (QED) is 0.590. The molecular formula is C15H12N4O3S. The molecule has 0 saturated heterocycles. The zero-order valence-corrected chi connectivity index (χ0v) is 12.9.